The molecule has 2 aromatic rings. The summed E-state index contributed by atoms with van der Waals surface area (Å²) in [5.74, 6) is 0.708. The Morgan fingerprint density at radius 3 is 2.27 bits per heavy atom. The fourth-order valence-corrected chi connectivity index (χ4v) is 4.16. The van der Waals surface area contributed by atoms with Crippen LogP contribution < -0.4 is 4.74 Å². The topological polar surface area (TPSA) is 46.6 Å². The van der Waals surface area contributed by atoms with Gasteiger partial charge in [0.05, 0.1) is 17.1 Å². The second-order valence-corrected chi connectivity index (χ2v) is 9.13. The summed E-state index contributed by atoms with van der Waals surface area (Å²) in [5, 5.41) is 0.629. The van der Waals surface area contributed by atoms with Crippen LogP contribution in [0.5, 0.6) is 5.75 Å². The third-order valence-corrected chi connectivity index (χ3v) is 5.96. The van der Waals surface area contributed by atoms with E-state index in [-0.39, 0.29) is 11.8 Å². The molecule has 4 nitrogen and oxygen atoms in total. The van der Waals surface area contributed by atoms with Crippen LogP contribution in [0.25, 0.3) is 5.57 Å². The van der Waals surface area contributed by atoms with E-state index >= 15 is 0 Å². The smallest absolute Gasteiger partial charge is 0.268 e. The second kappa shape index (κ2) is 10.2. The number of hydrogen-bond acceptors (Lipinski definition) is 4. The number of halogens is 1. The first-order valence-corrected chi connectivity index (χ1v) is 11.4. The number of nitrogens with zero attached hydrogens (tertiary/aromatic N) is 1. The molecule has 0 atom stereocenters. The van der Waals surface area contributed by atoms with E-state index in [9.17, 15) is 9.59 Å². The van der Waals surface area contributed by atoms with Crippen molar-refractivity contribution in [2.24, 2.45) is 5.92 Å². The van der Waals surface area contributed by atoms with Crippen LogP contribution in [0.3, 0.4) is 0 Å². The molecule has 0 bridgehead atoms. The van der Waals surface area contributed by atoms with Crippen LogP contribution >= 0.6 is 23.4 Å². The molecule has 0 fully saturated rings. The molecule has 30 heavy (non-hydrogen) atoms. The Morgan fingerprint density at radius 1 is 1.00 bits per heavy atom. The zero-order chi connectivity index (χ0) is 21.7. The number of imide groups is 1. The minimum Gasteiger partial charge on any atom is -0.493 e. The van der Waals surface area contributed by atoms with Gasteiger partial charge in [0.25, 0.3) is 11.8 Å². The van der Waals surface area contributed by atoms with Crippen molar-refractivity contribution >= 4 is 40.8 Å². The summed E-state index contributed by atoms with van der Waals surface area (Å²) >= 11 is 7.29. The third-order valence-electron chi connectivity index (χ3n) is 4.62. The number of thioether (sulfide) groups is 1. The van der Waals surface area contributed by atoms with Gasteiger partial charge in [0.2, 0.25) is 0 Å². The number of carbonyl (C=O) groups is 2. The van der Waals surface area contributed by atoms with Crippen molar-refractivity contribution in [1.29, 1.82) is 0 Å². The normalized spacial score (nSPS) is 14.2. The second-order valence-electron chi connectivity index (χ2n) is 7.60. The molecule has 6 heteroatoms. The van der Waals surface area contributed by atoms with Gasteiger partial charge in [-0.25, -0.2) is 0 Å². The molecule has 0 saturated carbocycles. The van der Waals surface area contributed by atoms with Crippen LogP contribution in [0.1, 0.15) is 39.2 Å². The molecule has 1 aliphatic heterocycles. The summed E-state index contributed by atoms with van der Waals surface area (Å²) in [7, 11) is 0. The van der Waals surface area contributed by atoms with Crippen LogP contribution in [-0.2, 0) is 9.59 Å². The lowest BCUT2D eigenvalue weighted by Crippen LogP contribution is -2.32. The fourth-order valence-electron chi connectivity index (χ4n) is 3.02. The molecule has 2 amide bonds. The standard InChI is InChI=1S/C24H26ClNO3S/c1-4-5-14-26-23(27)21(17-6-10-19(11-7-17)29-15-16(2)3)22(24(26)28)30-20-12-8-18(25)9-13-20/h6-13,16H,4-5,14-15H2,1-3H3. The number of amides is 2. The number of ether oxygens (including phenoxy) is 1. The maximum Gasteiger partial charge on any atom is 0.268 e. The summed E-state index contributed by atoms with van der Waals surface area (Å²) in [6.07, 6.45) is 1.69. The van der Waals surface area contributed by atoms with Gasteiger partial charge in [0.1, 0.15) is 5.75 Å². The Hall–Kier alpha value is -2.24. The maximum atomic E-state index is 13.2. The predicted octanol–water partition coefficient (Wildman–Crippen LogP) is 6.05. The van der Waals surface area contributed by atoms with E-state index < -0.39 is 0 Å². The van der Waals surface area contributed by atoms with Crippen molar-refractivity contribution in [2.45, 2.75) is 38.5 Å². The van der Waals surface area contributed by atoms with Gasteiger partial charge in [-0.1, -0.05) is 62.7 Å². The first kappa shape index (κ1) is 22.4. The van der Waals surface area contributed by atoms with Crippen molar-refractivity contribution in [3.05, 3.63) is 64.0 Å². The van der Waals surface area contributed by atoms with Gasteiger partial charge in [-0.15, -0.1) is 0 Å². The highest BCUT2D eigenvalue weighted by atomic mass is 35.5. The quantitative estimate of drug-likeness (QED) is 0.443. The van der Waals surface area contributed by atoms with Crippen LogP contribution in [0.15, 0.2) is 58.3 Å². The highest BCUT2D eigenvalue weighted by Crippen LogP contribution is 2.40. The Bertz CT molecular complexity index is 936. The van der Waals surface area contributed by atoms with Crippen molar-refractivity contribution in [3.8, 4) is 5.75 Å². The molecule has 2 aromatic carbocycles. The molecule has 0 aromatic heterocycles. The molecule has 0 N–H and O–H groups in total. The maximum absolute atomic E-state index is 13.2. The lowest BCUT2D eigenvalue weighted by atomic mass is 10.1. The average molecular weight is 444 g/mol. The zero-order valence-corrected chi connectivity index (χ0v) is 19.1. The van der Waals surface area contributed by atoms with Gasteiger partial charge in [0, 0.05) is 16.5 Å². The molecule has 0 unspecified atom stereocenters. The summed E-state index contributed by atoms with van der Waals surface area (Å²) < 4.78 is 5.74. The molecule has 0 saturated heterocycles. The SMILES string of the molecule is CCCCN1C(=O)C(Sc2ccc(Cl)cc2)=C(c2ccc(OCC(C)C)cc2)C1=O. The highest BCUT2D eigenvalue weighted by Gasteiger charge is 2.39. The summed E-state index contributed by atoms with van der Waals surface area (Å²) in [4.78, 5) is 28.9. The number of rotatable bonds is 9. The minimum atomic E-state index is -0.235. The lowest BCUT2D eigenvalue weighted by Gasteiger charge is -2.14. The van der Waals surface area contributed by atoms with Crippen molar-refractivity contribution in [2.75, 3.05) is 13.2 Å². The van der Waals surface area contributed by atoms with Gasteiger partial charge < -0.3 is 4.74 Å². The third kappa shape index (κ3) is 5.27. The van der Waals surface area contributed by atoms with Crippen molar-refractivity contribution in [3.63, 3.8) is 0 Å². The Labute approximate surface area is 187 Å². The molecule has 1 aliphatic rings. The molecule has 0 spiro atoms. The molecular weight excluding hydrogens is 418 g/mol. The molecular formula is C24H26ClNO3S. The van der Waals surface area contributed by atoms with Crippen LogP contribution in [0.2, 0.25) is 5.02 Å². The van der Waals surface area contributed by atoms with Crippen LogP contribution in [0, 0.1) is 5.92 Å². The molecule has 0 radical (unpaired) electrons. The lowest BCUT2D eigenvalue weighted by molar-refractivity contribution is -0.136. The largest absolute Gasteiger partial charge is 0.493 e. The molecule has 3 rings (SSSR count). The van der Waals surface area contributed by atoms with Gasteiger partial charge in [-0.3, -0.25) is 14.5 Å². The number of unbranched alkanes of at least 4 members (excludes halogenated alkanes) is 1. The Kier molecular flexibility index (Phi) is 7.62. The average Bonchev–Trinajstić information content (AvgIpc) is 2.96. The summed E-state index contributed by atoms with van der Waals surface area (Å²) in [5.41, 5.74) is 1.17. The number of benzene rings is 2. The molecule has 1 heterocycles. The summed E-state index contributed by atoms with van der Waals surface area (Å²) in [6.45, 7) is 7.28. The molecule has 158 valence electrons. The number of hydrogen-bond donors (Lipinski definition) is 0. The van der Waals surface area contributed by atoms with Gasteiger partial charge >= 0.3 is 0 Å². The monoisotopic (exact) mass is 443 g/mol. The van der Waals surface area contributed by atoms with E-state index in [1.807, 2.05) is 43.3 Å². The van der Waals surface area contributed by atoms with Crippen LogP contribution in [0.4, 0.5) is 0 Å². The first-order valence-electron chi connectivity index (χ1n) is 10.2. The predicted molar refractivity (Wildman–Crippen MR) is 123 cm³/mol. The van der Waals surface area contributed by atoms with Crippen molar-refractivity contribution in [1.82, 2.24) is 4.90 Å². The van der Waals surface area contributed by atoms with Gasteiger partial charge in [-0.2, -0.15) is 0 Å². The Morgan fingerprint density at radius 2 is 1.67 bits per heavy atom. The van der Waals surface area contributed by atoms with Gasteiger partial charge in [-0.05, 0) is 54.3 Å². The zero-order valence-electron chi connectivity index (χ0n) is 17.5. The van der Waals surface area contributed by atoms with Crippen LogP contribution in [-0.4, -0.2) is 29.9 Å². The first-order chi connectivity index (χ1) is 14.4. The Balaban J connectivity index is 1.93. The summed E-state index contributed by atoms with van der Waals surface area (Å²) in [6, 6.07) is 14.7. The van der Waals surface area contributed by atoms with Gasteiger partial charge in [0.15, 0.2) is 0 Å². The van der Waals surface area contributed by atoms with Crippen molar-refractivity contribution < 1.29 is 14.3 Å². The van der Waals surface area contributed by atoms with E-state index in [2.05, 4.69) is 13.8 Å². The number of carbonyl (C=O) groups excluding carboxylic acids is 2. The highest BCUT2D eigenvalue weighted by molar-refractivity contribution is 8.04. The fraction of sp³-hybridized carbons (Fsp3) is 0.333. The van der Waals surface area contributed by atoms with E-state index in [4.69, 9.17) is 16.3 Å². The van der Waals surface area contributed by atoms with E-state index in [1.165, 1.54) is 16.7 Å². The minimum absolute atomic E-state index is 0.233. The van der Waals surface area contributed by atoms with E-state index in [0.717, 1.165) is 29.1 Å². The van der Waals surface area contributed by atoms with E-state index in [1.54, 1.807) is 12.1 Å². The molecule has 0 aliphatic carbocycles. The van der Waals surface area contributed by atoms with E-state index in [0.29, 0.717) is 34.6 Å².